The fraction of sp³-hybridized carbons (Fsp3) is 0.733. The van der Waals surface area contributed by atoms with Crippen LogP contribution in [0.2, 0.25) is 0 Å². The largest absolute Gasteiger partial charge is 0.462 e. The third-order valence-corrected chi connectivity index (χ3v) is 3.17. The van der Waals surface area contributed by atoms with Crippen LogP contribution in [0.25, 0.3) is 0 Å². The van der Waals surface area contributed by atoms with E-state index in [1.54, 1.807) is 24.9 Å². The molecule has 0 amide bonds. The molecular weight excluding hydrogens is 270 g/mol. The fourth-order valence-corrected chi connectivity index (χ4v) is 2.21. The molecule has 0 saturated carbocycles. The first-order chi connectivity index (χ1) is 9.99. The van der Waals surface area contributed by atoms with Crippen molar-refractivity contribution in [3.63, 3.8) is 0 Å². The number of methoxy groups -OCH3 is 1. The predicted molar refractivity (Wildman–Crippen MR) is 81.2 cm³/mol. The Bertz CT molecular complexity index is 443. The fourth-order valence-electron chi connectivity index (χ4n) is 2.21. The Balaban J connectivity index is 2.86. The maximum atomic E-state index is 12.0. The summed E-state index contributed by atoms with van der Waals surface area (Å²) < 4.78 is 12.0. The Hall–Kier alpha value is -1.40. The van der Waals surface area contributed by atoms with Gasteiger partial charge >= 0.3 is 5.97 Å². The summed E-state index contributed by atoms with van der Waals surface area (Å²) in [5.41, 5.74) is 1.43. The number of carbonyl (C=O) groups is 1. The highest BCUT2D eigenvalue weighted by Gasteiger charge is 2.19. The zero-order valence-electron chi connectivity index (χ0n) is 13.8. The van der Waals surface area contributed by atoms with E-state index in [1.165, 1.54) is 0 Å². The minimum atomic E-state index is -0.308. The van der Waals surface area contributed by atoms with Gasteiger partial charge in [0.05, 0.1) is 25.1 Å². The van der Waals surface area contributed by atoms with E-state index in [1.807, 2.05) is 7.05 Å². The Labute approximate surface area is 127 Å². The number of aromatic nitrogens is 2. The monoisotopic (exact) mass is 297 g/mol. The van der Waals surface area contributed by atoms with Gasteiger partial charge in [0, 0.05) is 33.8 Å². The SMILES string of the molecule is CCOC(=O)c1cnn(C)c1CN(CCOC)CC(C)C. The molecule has 0 unspecified atom stereocenters. The van der Waals surface area contributed by atoms with Crippen LogP contribution in [0, 0.1) is 5.92 Å². The molecule has 0 spiro atoms. The van der Waals surface area contributed by atoms with Crippen molar-refractivity contribution in [2.45, 2.75) is 27.3 Å². The van der Waals surface area contributed by atoms with Gasteiger partial charge in [-0.25, -0.2) is 4.79 Å². The smallest absolute Gasteiger partial charge is 0.341 e. The normalized spacial score (nSPS) is 11.4. The predicted octanol–water partition coefficient (Wildman–Crippen LogP) is 1.70. The maximum absolute atomic E-state index is 12.0. The topological polar surface area (TPSA) is 56.6 Å². The lowest BCUT2D eigenvalue weighted by atomic mass is 10.2. The number of aryl methyl sites for hydroxylation is 1. The van der Waals surface area contributed by atoms with E-state index >= 15 is 0 Å². The van der Waals surface area contributed by atoms with Crippen molar-refractivity contribution in [1.82, 2.24) is 14.7 Å². The molecule has 0 aliphatic carbocycles. The molecule has 1 aromatic heterocycles. The second kappa shape index (κ2) is 8.79. The van der Waals surface area contributed by atoms with Crippen LogP contribution in [0.4, 0.5) is 0 Å². The van der Waals surface area contributed by atoms with Crippen LogP contribution in [0.1, 0.15) is 36.8 Å². The summed E-state index contributed by atoms with van der Waals surface area (Å²) in [5.74, 6) is 0.234. The first kappa shape index (κ1) is 17.7. The van der Waals surface area contributed by atoms with Gasteiger partial charge < -0.3 is 9.47 Å². The van der Waals surface area contributed by atoms with E-state index in [9.17, 15) is 4.79 Å². The van der Waals surface area contributed by atoms with Gasteiger partial charge in [-0.3, -0.25) is 9.58 Å². The molecule has 0 bridgehead atoms. The van der Waals surface area contributed by atoms with Gasteiger partial charge in [-0.1, -0.05) is 13.8 Å². The first-order valence-corrected chi connectivity index (χ1v) is 7.38. The van der Waals surface area contributed by atoms with E-state index in [-0.39, 0.29) is 5.97 Å². The highest BCUT2D eigenvalue weighted by molar-refractivity contribution is 5.90. The second-order valence-corrected chi connectivity index (χ2v) is 5.47. The van der Waals surface area contributed by atoms with Crippen molar-refractivity contribution >= 4 is 5.97 Å². The molecule has 120 valence electrons. The molecule has 0 N–H and O–H groups in total. The molecule has 1 rings (SSSR count). The zero-order valence-corrected chi connectivity index (χ0v) is 13.8. The molecule has 0 saturated heterocycles. The summed E-state index contributed by atoms with van der Waals surface area (Å²) in [6.45, 7) is 9.61. The van der Waals surface area contributed by atoms with Crippen LogP contribution in [-0.2, 0) is 23.1 Å². The number of esters is 1. The van der Waals surface area contributed by atoms with E-state index in [0.29, 0.717) is 31.2 Å². The Morgan fingerprint density at radius 3 is 2.76 bits per heavy atom. The van der Waals surface area contributed by atoms with Gasteiger partial charge in [0.25, 0.3) is 0 Å². The van der Waals surface area contributed by atoms with Crippen molar-refractivity contribution in [3.05, 3.63) is 17.5 Å². The molecule has 1 heterocycles. The molecule has 21 heavy (non-hydrogen) atoms. The summed E-state index contributed by atoms with van der Waals surface area (Å²) in [6.07, 6.45) is 1.58. The van der Waals surface area contributed by atoms with Gasteiger partial charge in [-0.05, 0) is 12.8 Å². The van der Waals surface area contributed by atoms with Gasteiger partial charge in [0.15, 0.2) is 0 Å². The minimum Gasteiger partial charge on any atom is -0.462 e. The Kier molecular flexibility index (Phi) is 7.39. The number of hydrogen-bond acceptors (Lipinski definition) is 5. The van der Waals surface area contributed by atoms with Crippen molar-refractivity contribution in [2.24, 2.45) is 13.0 Å². The number of rotatable bonds is 9. The highest BCUT2D eigenvalue weighted by Crippen LogP contribution is 2.13. The molecule has 0 aliphatic rings. The molecule has 1 aromatic rings. The summed E-state index contributed by atoms with van der Waals surface area (Å²) in [6, 6.07) is 0. The van der Waals surface area contributed by atoms with E-state index < -0.39 is 0 Å². The van der Waals surface area contributed by atoms with Crippen LogP contribution in [0.3, 0.4) is 0 Å². The van der Waals surface area contributed by atoms with Crippen LogP contribution >= 0.6 is 0 Å². The van der Waals surface area contributed by atoms with E-state index in [2.05, 4.69) is 23.8 Å². The van der Waals surface area contributed by atoms with E-state index in [4.69, 9.17) is 9.47 Å². The molecule has 0 aliphatic heterocycles. The van der Waals surface area contributed by atoms with Crippen molar-refractivity contribution < 1.29 is 14.3 Å². The van der Waals surface area contributed by atoms with Gasteiger partial charge in [-0.2, -0.15) is 5.10 Å². The van der Waals surface area contributed by atoms with E-state index in [0.717, 1.165) is 18.8 Å². The summed E-state index contributed by atoms with van der Waals surface area (Å²) >= 11 is 0. The van der Waals surface area contributed by atoms with Gasteiger partial charge in [0.2, 0.25) is 0 Å². The van der Waals surface area contributed by atoms with Gasteiger partial charge in [-0.15, -0.1) is 0 Å². The molecule has 0 fully saturated rings. The number of nitrogens with zero attached hydrogens (tertiary/aromatic N) is 3. The van der Waals surface area contributed by atoms with Crippen molar-refractivity contribution in [3.8, 4) is 0 Å². The van der Waals surface area contributed by atoms with Crippen molar-refractivity contribution in [2.75, 3.05) is 33.4 Å². The van der Waals surface area contributed by atoms with Crippen LogP contribution < -0.4 is 0 Å². The summed E-state index contributed by atoms with van der Waals surface area (Å²) in [7, 11) is 3.55. The molecule has 6 nitrogen and oxygen atoms in total. The van der Waals surface area contributed by atoms with Crippen molar-refractivity contribution in [1.29, 1.82) is 0 Å². The molecule has 0 radical (unpaired) electrons. The zero-order chi connectivity index (χ0) is 15.8. The summed E-state index contributed by atoms with van der Waals surface area (Å²) in [5, 5.41) is 4.19. The lowest BCUT2D eigenvalue weighted by Gasteiger charge is -2.24. The first-order valence-electron chi connectivity index (χ1n) is 7.38. The molecular formula is C15H27N3O3. The number of ether oxygens (including phenoxy) is 2. The Morgan fingerprint density at radius 2 is 2.19 bits per heavy atom. The third-order valence-electron chi connectivity index (χ3n) is 3.17. The maximum Gasteiger partial charge on any atom is 0.341 e. The van der Waals surface area contributed by atoms with Crippen LogP contribution in [0.15, 0.2) is 6.20 Å². The number of carbonyl (C=O) groups excluding carboxylic acids is 1. The average Bonchev–Trinajstić information content (AvgIpc) is 2.77. The highest BCUT2D eigenvalue weighted by atomic mass is 16.5. The third kappa shape index (κ3) is 5.47. The lowest BCUT2D eigenvalue weighted by Crippen LogP contribution is -2.32. The molecule has 0 aromatic carbocycles. The second-order valence-electron chi connectivity index (χ2n) is 5.47. The van der Waals surface area contributed by atoms with Crippen LogP contribution in [0.5, 0.6) is 0 Å². The quantitative estimate of drug-likeness (QED) is 0.649. The lowest BCUT2D eigenvalue weighted by molar-refractivity contribution is 0.0523. The van der Waals surface area contributed by atoms with Crippen LogP contribution in [-0.4, -0.2) is 54.1 Å². The Morgan fingerprint density at radius 1 is 1.48 bits per heavy atom. The average molecular weight is 297 g/mol. The molecule has 0 atom stereocenters. The number of hydrogen-bond donors (Lipinski definition) is 0. The standard InChI is InChI=1S/C15H27N3O3/c1-6-21-15(19)13-9-16-17(4)14(13)11-18(7-8-20-5)10-12(2)3/h9,12H,6-8,10-11H2,1-5H3. The molecule has 6 heteroatoms. The summed E-state index contributed by atoms with van der Waals surface area (Å²) in [4.78, 5) is 14.2. The van der Waals surface area contributed by atoms with Gasteiger partial charge in [0.1, 0.15) is 5.56 Å². The minimum absolute atomic E-state index is 0.308.